The molecule has 4 heteroatoms. The molecule has 0 aromatic heterocycles. The molecule has 2 rings (SSSR count). The maximum atomic E-state index is 13.3. The number of aryl methyl sites for hydroxylation is 3. The van der Waals surface area contributed by atoms with E-state index in [0.29, 0.717) is 32.4 Å². The molecule has 0 bridgehead atoms. The van der Waals surface area contributed by atoms with Gasteiger partial charge in [0, 0.05) is 19.5 Å². The zero-order valence-electron chi connectivity index (χ0n) is 18.9. The van der Waals surface area contributed by atoms with Crippen molar-refractivity contribution in [2.45, 2.75) is 72.4 Å². The first kappa shape index (κ1) is 23.7. The number of hydrogen-bond donors (Lipinski definition) is 1. The molecule has 0 aliphatic heterocycles. The van der Waals surface area contributed by atoms with E-state index in [4.69, 9.17) is 0 Å². The average Bonchev–Trinajstić information content (AvgIpc) is 2.76. The topological polar surface area (TPSA) is 49.4 Å². The zero-order valence-corrected chi connectivity index (χ0v) is 18.9. The largest absolute Gasteiger partial charge is 0.354 e. The number of amides is 2. The van der Waals surface area contributed by atoms with Gasteiger partial charge >= 0.3 is 0 Å². The summed E-state index contributed by atoms with van der Waals surface area (Å²) in [6, 6.07) is 16.1. The maximum Gasteiger partial charge on any atom is 0.242 e. The van der Waals surface area contributed by atoms with Gasteiger partial charge in [0.15, 0.2) is 0 Å². The van der Waals surface area contributed by atoms with Crippen LogP contribution in [0.25, 0.3) is 0 Å². The summed E-state index contributed by atoms with van der Waals surface area (Å²) in [6.07, 6.45) is 3.56. The highest BCUT2D eigenvalue weighted by atomic mass is 16.2. The van der Waals surface area contributed by atoms with Crippen molar-refractivity contribution >= 4 is 11.8 Å². The van der Waals surface area contributed by atoms with E-state index in [2.05, 4.69) is 42.6 Å². The Hall–Kier alpha value is -2.62. The molecule has 2 aromatic carbocycles. The van der Waals surface area contributed by atoms with Gasteiger partial charge in [-0.2, -0.15) is 0 Å². The minimum Gasteiger partial charge on any atom is -0.354 e. The summed E-state index contributed by atoms with van der Waals surface area (Å²) in [4.78, 5) is 27.8. The highest BCUT2D eigenvalue weighted by Crippen LogP contribution is 2.16. The van der Waals surface area contributed by atoms with Gasteiger partial charge in [0.1, 0.15) is 6.04 Å². The Labute approximate surface area is 181 Å². The minimum atomic E-state index is -0.452. The fraction of sp³-hybridized carbons (Fsp3) is 0.462. The van der Waals surface area contributed by atoms with Crippen LogP contribution in [0.2, 0.25) is 0 Å². The van der Waals surface area contributed by atoms with Crippen molar-refractivity contribution in [3.63, 3.8) is 0 Å². The van der Waals surface area contributed by atoms with Gasteiger partial charge in [-0.05, 0) is 49.3 Å². The van der Waals surface area contributed by atoms with E-state index in [9.17, 15) is 9.59 Å². The van der Waals surface area contributed by atoms with Gasteiger partial charge < -0.3 is 10.2 Å². The Morgan fingerprint density at radius 1 is 0.967 bits per heavy atom. The van der Waals surface area contributed by atoms with Crippen LogP contribution in [0.1, 0.15) is 62.3 Å². The van der Waals surface area contributed by atoms with Crippen LogP contribution in [0, 0.1) is 6.92 Å². The minimum absolute atomic E-state index is 0.0228. The van der Waals surface area contributed by atoms with Gasteiger partial charge in [-0.25, -0.2) is 0 Å². The number of hydrogen-bond acceptors (Lipinski definition) is 2. The number of nitrogens with one attached hydrogen (secondary N) is 1. The van der Waals surface area contributed by atoms with Crippen LogP contribution in [0.15, 0.2) is 48.5 Å². The summed E-state index contributed by atoms with van der Waals surface area (Å²) in [6.45, 7) is 9.26. The Balaban J connectivity index is 2.16. The molecule has 4 nitrogen and oxygen atoms in total. The lowest BCUT2D eigenvalue weighted by atomic mass is 10.0. The first-order valence-corrected chi connectivity index (χ1v) is 11.2. The standard InChI is InChI=1S/C26H36N2O2/c1-5-17-27-26(30)24(7-3)28(19-23-10-8-9-20(4)18-23)25(29)16-15-22-13-11-21(6-2)12-14-22/h8-14,18,24H,5-7,15-17,19H2,1-4H3,(H,27,30)/t24-/m1/s1. The third-order valence-corrected chi connectivity index (χ3v) is 5.43. The second-order valence-corrected chi connectivity index (χ2v) is 7.90. The van der Waals surface area contributed by atoms with Crippen molar-refractivity contribution in [3.8, 4) is 0 Å². The van der Waals surface area contributed by atoms with Crippen molar-refractivity contribution < 1.29 is 9.59 Å². The summed E-state index contributed by atoms with van der Waals surface area (Å²) >= 11 is 0. The highest BCUT2D eigenvalue weighted by Gasteiger charge is 2.28. The molecule has 0 aliphatic rings. The molecule has 0 fully saturated rings. The summed E-state index contributed by atoms with van der Waals surface area (Å²) < 4.78 is 0. The van der Waals surface area contributed by atoms with Gasteiger partial charge in [-0.1, -0.05) is 74.9 Å². The van der Waals surface area contributed by atoms with Crippen LogP contribution < -0.4 is 5.32 Å². The molecule has 0 spiro atoms. The SMILES string of the molecule is CCCNC(=O)[C@@H](CC)N(Cc1cccc(C)c1)C(=O)CCc1ccc(CC)cc1. The summed E-state index contributed by atoms with van der Waals surface area (Å²) in [7, 11) is 0. The fourth-order valence-electron chi connectivity index (χ4n) is 3.63. The molecular formula is C26H36N2O2. The molecule has 162 valence electrons. The first-order valence-electron chi connectivity index (χ1n) is 11.2. The fourth-order valence-corrected chi connectivity index (χ4v) is 3.63. The molecule has 0 heterocycles. The monoisotopic (exact) mass is 408 g/mol. The van der Waals surface area contributed by atoms with Crippen LogP contribution in [-0.4, -0.2) is 29.3 Å². The predicted molar refractivity (Wildman–Crippen MR) is 123 cm³/mol. The van der Waals surface area contributed by atoms with Crippen LogP contribution in [0.4, 0.5) is 0 Å². The van der Waals surface area contributed by atoms with Crippen LogP contribution in [0.3, 0.4) is 0 Å². The van der Waals surface area contributed by atoms with Crippen molar-refractivity contribution in [1.29, 1.82) is 0 Å². The summed E-state index contributed by atoms with van der Waals surface area (Å²) in [5, 5.41) is 2.97. The quantitative estimate of drug-likeness (QED) is 0.579. The third kappa shape index (κ3) is 7.01. The molecule has 0 radical (unpaired) electrons. The van der Waals surface area contributed by atoms with Gasteiger partial charge in [-0.15, -0.1) is 0 Å². The lowest BCUT2D eigenvalue weighted by molar-refractivity contribution is -0.141. The summed E-state index contributed by atoms with van der Waals surface area (Å²) in [5.41, 5.74) is 4.65. The van der Waals surface area contributed by atoms with Gasteiger partial charge in [0.05, 0.1) is 0 Å². The molecule has 1 atom stereocenters. The second kappa shape index (κ2) is 12.2. The van der Waals surface area contributed by atoms with Gasteiger partial charge in [0.25, 0.3) is 0 Å². The third-order valence-electron chi connectivity index (χ3n) is 5.43. The lowest BCUT2D eigenvalue weighted by Crippen LogP contribution is -2.49. The van der Waals surface area contributed by atoms with Crippen molar-refractivity contribution in [1.82, 2.24) is 10.2 Å². The molecule has 2 amide bonds. The Morgan fingerprint density at radius 3 is 2.27 bits per heavy atom. The van der Waals surface area contributed by atoms with E-state index in [1.165, 1.54) is 5.56 Å². The van der Waals surface area contributed by atoms with Crippen LogP contribution in [0.5, 0.6) is 0 Å². The summed E-state index contributed by atoms with van der Waals surface area (Å²) in [5.74, 6) is -0.0396. The zero-order chi connectivity index (χ0) is 21.9. The second-order valence-electron chi connectivity index (χ2n) is 7.90. The highest BCUT2D eigenvalue weighted by molar-refractivity contribution is 5.87. The number of benzene rings is 2. The van der Waals surface area contributed by atoms with E-state index in [1.54, 1.807) is 4.90 Å². The maximum absolute atomic E-state index is 13.3. The van der Waals surface area contributed by atoms with Gasteiger partial charge in [0.2, 0.25) is 11.8 Å². The molecule has 0 saturated heterocycles. The van der Waals surface area contributed by atoms with E-state index < -0.39 is 6.04 Å². The number of carbonyl (C=O) groups excluding carboxylic acids is 2. The van der Waals surface area contributed by atoms with Crippen LogP contribution >= 0.6 is 0 Å². The van der Waals surface area contributed by atoms with Crippen molar-refractivity contribution in [2.75, 3.05) is 6.54 Å². The van der Waals surface area contributed by atoms with E-state index in [0.717, 1.165) is 29.5 Å². The first-order chi connectivity index (χ1) is 14.5. The Kier molecular flexibility index (Phi) is 9.59. The number of nitrogens with zero attached hydrogens (tertiary/aromatic N) is 1. The Morgan fingerprint density at radius 2 is 1.67 bits per heavy atom. The van der Waals surface area contributed by atoms with Crippen molar-refractivity contribution in [2.24, 2.45) is 0 Å². The number of rotatable bonds is 11. The van der Waals surface area contributed by atoms with E-state index in [1.807, 2.05) is 39.0 Å². The van der Waals surface area contributed by atoms with E-state index >= 15 is 0 Å². The number of carbonyl (C=O) groups is 2. The smallest absolute Gasteiger partial charge is 0.242 e. The average molecular weight is 409 g/mol. The Bertz CT molecular complexity index is 814. The normalized spacial score (nSPS) is 11.7. The van der Waals surface area contributed by atoms with Crippen LogP contribution in [-0.2, 0) is 29.0 Å². The van der Waals surface area contributed by atoms with E-state index in [-0.39, 0.29) is 11.8 Å². The molecule has 0 saturated carbocycles. The molecule has 1 N–H and O–H groups in total. The molecule has 30 heavy (non-hydrogen) atoms. The van der Waals surface area contributed by atoms with Gasteiger partial charge in [-0.3, -0.25) is 9.59 Å². The molecule has 2 aromatic rings. The predicted octanol–water partition coefficient (Wildman–Crippen LogP) is 4.82. The van der Waals surface area contributed by atoms with Crippen molar-refractivity contribution in [3.05, 3.63) is 70.8 Å². The molecular weight excluding hydrogens is 372 g/mol. The lowest BCUT2D eigenvalue weighted by Gasteiger charge is -2.31. The molecule has 0 unspecified atom stereocenters. The molecule has 0 aliphatic carbocycles.